The van der Waals surface area contributed by atoms with Gasteiger partial charge in [-0.3, -0.25) is 0 Å². The number of rotatable bonds is 9. The van der Waals surface area contributed by atoms with Crippen LogP contribution in [0, 0.1) is 0 Å². The summed E-state index contributed by atoms with van der Waals surface area (Å²) in [5.41, 5.74) is 7.29. The van der Waals surface area contributed by atoms with E-state index in [0.29, 0.717) is 0 Å². The molecule has 0 aliphatic rings. The quantitative estimate of drug-likeness (QED) is 0.693. The lowest BCUT2D eigenvalue weighted by molar-refractivity contribution is 0.0455. The summed E-state index contributed by atoms with van der Waals surface area (Å²) in [5.74, 6) is 0.851. The molecule has 0 spiro atoms. The van der Waals surface area contributed by atoms with Crippen LogP contribution in [-0.4, -0.2) is 19.8 Å². The van der Waals surface area contributed by atoms with Gasteiger partial charge in [0, 0.05) is 6.61 Å². The molecule has 0 bridgehead atoms. The zero-order valence-corrected chi connectivity index (χ0v) is 12.4. The fourth-order valence-corrected chi connectivity index (χ4v) is 2.00. The molecule has 2 atom stereocenters. The number of ether oxygens (including phenoxy) is 2. The van der Waals surface area contributed by atoms with Crippen molar-refractivity contribution in [3.63, 3.8) is 0 Å². The first-order valence-electron chi connectivity index (χ1n) is 7.20. The fraction of sp³-hybridized carbons (Fsp3) is 0.625. The number of nitrogens with two attached hydrogens (primary N) is 1. The summed E-state index contributed by atoms with van der Waals surface area (Å²) < 4.78 is 10.9. The van der Waals surface area contributed by atoms with Crippen LogP contribution in [0.25, 0.3) is 0 Å². The van der Waals surface area contributed by atoms with Gasteiger partial charge in [0.1, 0.15) is 5.75 Å². The second-order valence-corrected chi connectivity index (χ2v) is 4.94. The van der Waals surface area contributed by atoms with Crippen LogP contribution >= 0.6 is 0 Å². The summed E-state index contributed by atoms with van der Waals surface area (Å²) >= 11 is 0. The van der Waals surface area contributed by atoms with Gasteiger partial charge in [-0.25, -0.2) is 0 Å². The maximum Gasteiger partial charge on any atom is 0.118 e. The highest BCUT2D eigenvalue weighted by Crippen LogP contribution is 2.20. The van der Waals surface area contributed by atoms with Crippen molar-refractivity contribution in [2.24, 2.45) is 5.73 Å². The molecule has 0 aliphatic carbocycles. The number of hydrogen-bond donors (Lipinski definition) is 1. The van der Waals surface area contributed by atoms with Gasteiger partial charge in [-0.15, -0.1) is 0 Å². The van der Waals surface area contributed by atoms with E-state index in [1.165, 1.54) is 19.3 Å². The number of methoxy groups -OCH3 is 1. The number of benzene rings is 1. The molecule has 3 nitrogen and oxygen atoms in total. The van der Waals surface area contributed by atoms with Crippen LogP contribution in [0.3, 0.4) is 0 Å². The van der Waals surface area contributed by atoms with E-state index < -0.39 is 0 Å². The van der Waals surface area contributed by atoms with Crippen molar-refractivity contribution in [2.75, 3.05) is 13.7 Å². The number of unbranched alkanes of at least 4 members (excludes halogenated alkanes) is 3. The second-order valence-electron chi connectivity index (χ2n) is 4.94. The van der Waals surface area contributed by atoms with E-state index in [1.54, 1.807) is 7.11 Å². The van der Waals surface area contributed by atoms with Gasteiger partial charge in [0.2, 0.25) is 0 Å². The van der Waals surface area contributed by atoms with E-state index in [1.807, 2.05) is 31.2 Å². The summed E-state index contributed by atoms with van der Waals surface area (Å²) in [6.45, 7) is 5.04. The highest BCUT2D eigenvalue weighted by atomic mass is 16.5. The van der Waals surface area contributed by atoms with Gasteiger partial charge >= 0.3 is 0 Å². The van der Waals surface area contributed by atoms with Crippen molar-refractivity contribution >= 4 is 0 Å². The lowest BCUT2D eigenvalue weighted by Gasteiger charge is -2.21. The molecule has 2 N–H and O–H groups in total. The Labute approximate surface area is 117 Å². The maximum atomic E-state index is 6.21. The molecule has 0 aliphatic heterocycles. The van der Waals surface area contributed by atoms with Gasteiger partial charge in [-0.05, 0) is 31.0 Å². The fourth-order valence-electron chi connectivity index (χ4n) is 2.00. The average Bonchev–Trinajstić information content (AvgIpc) is 2.46. The Morgan fingerprint density at radius 1 is 1.11 bits per heavy atom. The molecule has 0 heterocycles. The average molecular weight is 265 g/mol. The highest BCUT2D eigenvalue weighted by Gasteiger charge is 2.15. The van der Waals surface area contributed by atoms with Gasteiger partial charge in [0.15, 0.2) is 0 Å². The molecule has 108 valence electrons. The van der Waals surface area contributed by atoms with Crippen molar-refractivity contribution in [1.82, 2.24) is 0 Å². The third-order valence-corrected chi connectivity index (χ3v) is 3.39. The molecule has 0 saturated heterocycles. The molecule has 0 amide bonds. The minimum absolute atomic E-state index is 0.0371. The van der Waals surface area contributed by atoms with Crippen molar-refractivity contribution in [3.05, 3.63) is 29.8 Å². The summed E-state index contributed by atoms with van der Waals surface area (Å²) in [7, 11) is 1.66. The zero-order valence-electron chi connectivity index (χ0n) is 12.4. The minimum atomic E-state index is -0.0860. The summed E-state index contributed by atoms with van der Waals surface area (Å²) in [4.78, 5) is 0. The third-order valence-electron chi connectivity index (χ3n) is 3.39. The lowest BCUT2D eigenvalue weighted by atomic mass is 10.0. The normalized spacial score (nSPS) is 14.1. The van der Waals surface area contributed by atoms with Crippen LogP contribution in [0.15, 0.2) is 24.3 Å². The van der Waals surface area contributed by atoms with Crippen LogP contribution in [0.1, 0.15) is 51.1 Å². The first kappa shape index (κ1) is 16.0. The SMILES string of the molecule is CCCCCCOC(C)C(N)c1ccc(OC)cc1. The molecule has 0 saturated carbocycles. The topological polar surface area (TPSA) is 44.5 Å². The van der Waals surface area contributed by atoms with Crippen molar-refractivity contribution in [1.29, 1.82) is 0 Å². The number of hydrogen-bond acceptors (Lipinski definition) is 3. The van der Waals surface area contributed by atoms with Gasteiger partial charge in [0.05, 0.1) is 19.3 Å². The Kier molecular flexibility index (Phi) is 7.53. The molecule has 1 rings (SSSR count). The highest BCUT2D eigenvalue weighted by molar-refractivity contribution is 5.29. The van der Waals surface area contributed by atoms with E-state index in [2.05, 4.69) is 6.92 Å². The van der Waals surface area contributed by atoms with Crippen molar-refractivity contribution in [2.45, 2.75) is 51.7 Å². The van der Waals surface area contributed by atoms with Crippen LogP contribution < -0.4 is 10.5 Å². The van der Waals surface area contributed by atoms with E-state index in [-0.39, 0.29) is 12.1 Å². The Morgan fingerprint density at radius 3 is 2.37 bits per heavy atom. The zero-order chi connectivity index (χ0) is 14.1. The van der Waals surface area contributed by atoms with Gasteiger partial charge in [-0.2, -0.15) is 0 Å². The molecule has 19 heavy (non-hydrogen) atoms. The van der Waals surface area contributed by atoms with Crippen LogP contribution in [-0.2, 0) is 4.74 Å². The van der Waals surface area contributed by atoms with E-state index in [9.17, 15) is 0 Å². The Balaban J connectivity index is 2.36. The van der Waals surface area contributed by atoms with Crippen molar-refractivity contribution < 1.29 is 9.47 Å². The third kappa shape index (κ3) is 5.62. The first-order valence-corrected chi connectivity index (χ1v) is 7.20. The monoisotopic (exact) mass is 265 g/mol. The molecular weight excluding hydrogens is 238 g/mol. The van der Waals surface area contributed by atoms with E-state index in [0.717, 1.165) is 24.3 Å². The van der Waals surface area contributed by atoms with E-state index >= 15 is 0 Å². The van der Waals surface area contributed by atoms with Gasteiger partial charge in [-0.1, -0.05) is 38.3 Å². The Hall–Kier alpha value is -1.06. The maximum absolute atomic E-state index is 6.21. The second kappa shape index (κ2) is 8.94. The molecule has 1 aromatic rings. The smallest absolute Gasteiger partial charge is 0.118 e. The van der Waals surface area contributed by atoms with Crippen LogP contribution in [0.4, 0.5) is 0 Å². The summed E-state index contributed by atoms with van der Waals surface area (Å²) in [6.07, 6.45) is 4.92. The van der Waals surface area contributed by atoms with E-state index in [4.69, 9.17) is 15.2 Å². The molecule has 1 aromatic carbocycles. The molecule has 2 unspecified atom stereocenters. The summed E-state index contributed by atoms with van der Waals surface area (Å²) in [6, 6.07) is 7.78. The predicted octanol–water partition coefficient (Wildman–Crippen LogP) is 3.68. The first-order chi connectivity index (χ1) is 9.19. The Bertz CT molecular complexity index is 337. The molecule has 0 aromatic heterocycles. The largest absolute Gasteiger partial charge is 0.497 e. The van der Waals surface area contributed by atoms with Crippen LogP contribution in [0.5, 0.6) is 5.75 Å². The minimum Gasteiger partial charge on any atom is -0.497 e. The van der Waals surface area contributed by atoms with Gasteiger partial charge < -0.3 is 15.2 Å². The van der Waals surface area contributed by atoms with Gasteiger partial charge in [0.25, 0.3) is 0 Å². The standard InChI is InChI=1S/C16H27NO2/c1-4-5-6-7-12-19-13(2)16(17)14-8-10-15(18-3)11-9-14/h8-11,13,16H,4-7,12,17H2,1-3H3. The molecule has 3 heteroatoms. The van der Waals surface area contributed by atoms with Crippen molar-refractivity contribution in [3.8, 4) is 5.75 Å². The molecular formula is C16H27NO2. The van der Waals surface area contributed by atoms with Crippen LogP contribution in [0.2, 0.25) is 0 Å². The Morgan fingerprint density at radius 2 is 1.79 bits per heavy atom. The molecule has 0 fully saturated rings. The lowest BCUT2D eigenvalue weighted by Crippen LogP contribution is -2.26. The molecule has 0 radical (unpaired) electrons. The predicted molar refractivity (Wildman–Crippen MR) is 79.5 cm³/mol. The summed E-state index contributed by atoms with van der Waals surface area (Å²) in [5, 5.41) is 0.